The van der Waals surface area contributed by atoms with Gasteiger partial charge >= 0.3 is 5.97 Å². The Bertz CT molecular complexity index is 755. The minimum atomic E-state index is -0.960. The molecule has 1 aliphatic heterocycles. The maximum Gasteiger partial charge on any atom is 0.326 e. The van der Waals surface area contributed by atoms with Gasteiger partial charge in [-0.05, 0) is 49.3 Å². The van der Waals surface area contributed by atoms with E-state index < -0.39 is 12.0 Å². The van der Waals surface area contributed by atoms with Crippen molar-refractivity contribution < 1.29 is 19.1 Å². The highest BCUT2D eigenvalue weighted by molar-refractivity contribution is 7.21. The van der Waals surface area contributed by atoms with Gasteiger partial charge in [0.15, 0.2) is 0 Å². The Hall–Kier alpha value is -1.95. The van der Waals surface area contributed by atoms with E-state index in [2.05, 4.69) is 0 Å². The lowest BCUT2D eigenvalue weighted by Gasteiger charge is -2.32. The Balaban J connectivity index is 2.00. The van der Waals surface area contributed by atoms with Crippen molar-refractivity contribution in [1.29, 1.82) is 0 Å². The Labute approximate surface area is 131 Å². The number of aliphatic carboxylic acids is 1. The third-order valence-corrected chi connectivity index (χ3v) is 5.39. The van der Waals surface area contributed by atoms with Gasteiger partial charge < -0.3 is 10.0 Å². The molecule has 0 radical (unpaired) electrons. The molecule has 1 atom stereocenters. The molecule has 0 spiro atoms. The molecule has 1 amide bonds. The number of piperidine rings is 1. The molecule has 22 heavy (non-hydrogen) atoms. The number of carboxylic acids is 1. The Morgan fingerprint density at radius 1 is 1.36 bits per heavy atom. The third-order valence-electron chi connectivity index (χ3n) is 4.14. The molecular weight excluding hydrogens is 305 g/mol. The van der Waals surface area contributed by atoms with Crippen molar-refractivity contribution in [2.45, 2.75) is 32.2 Å². The van der Waals surface area contributed by atoms with Gasteiger partial charge in [0.1, 0.15) is 11.9 Å². The molecule has 1 unspecified atom stereocenters. The number of fused-ring (bicyclic) bond motifs is 1. The van der Waals surface area contributed by atoms with Crippen LogP contribution in [0.5, 0.6) is 0 Å². The molecule has 1 aromatic heterocycles. The van der Waals surface area contributed by atoms with Gasteiger partial charge in [-0.15, -0.1) is 11.3 Å². The van der Waals surface area contributed by atoms with Crippen molar-refractivity contribution in [1.82, 2.24) is 4.90 Å². The van der Waals surface area contributed by atoms with Crippen LogP contribution < -0.4 is 0 Å². The summed E-state index contributed by atoms with van der Waals surface area (Å²) in [6.45, 7) is 2.28. The number of aryl methyl sites for hydroxylation is 1. The van der Waals surface area contributed by atoms with Gasteiger partial charge in [0.2, 0.25) is 0 Å². The predicted octanol–water partition coefficient (Wildman–Crippen LogP) is 3.43. The molecule has 0 bridgehead atoms. The molecule has 1 saturated heterocycles. The fourth-order valence-corrected chi connectivity index (χ4v) is 4.16. The van der Waals surface area contributed by atoms with E-state index >= 15 is 0 Å². The lowest BCUT2D eigenvalue weighted by molar-refractivity contribution is -0.143. The van der Waals surface area contributed by atoms with Crippen LogP contribution in [-0.4, -0.2) is 34.5 Å². The second-order valence-corrected chi connectivity index (χ2v) is 6.60. The summed E-state index contributed by atoms with van der Waals surface area (Å²) in [4.78, 5) is 26.1. The van der Waals surface area contributed by atoms with Crippen LogP contribution in [0.25, 0.3) is 10.1 Å². The van der Waals surface area contributed by atoms with Gasteiger partial charge in [0, 0.05) is 11.2 Å². The van der Waals surface area contributed by atoms with Crippen LogP contribution in [0, 0.1) is 12.7 Å². The quantitative estimate of drug-likeness (QED) is 0.922. The number of hydrogen-bond acceptors (Lipinski definition) is 3. The normalized spacial score (nSPS) is 18.6. The van der Waals surface area contributed by atoms with Crippen LogP contribution in [0.4, 0.5) is 4.39 Å². The van der Waals surface area contributed by atoms with Gasteiger partial charge in [0.25, 0.3) is 5.91 Å². The number of likely N-dealkylation sites (tertiary alicyclic amines) is 1. The number of halogens is 1. The molecule has 2 heterocycles. The maximum atomic E-state index is 13.3. The average Bonchev–Trinajstić information content (AvgIpc) is 2.82. The number of carbonyl (C=O) groups excluding carboxylic acids is 1. The summed E-state index contributed by atoms with van der Waals surface area (Å²) < 4.78 is 14.0. The highest BCUT2D eigenvalue weighted by atomic mass is 32.1. The van der Waals surface area contributed by atoms with E-state index in [0.717, 1.165) is 23.8 Å². The molecule has 116 valence electrons. The van der Waals surface area contributed by atoms with Crippen LogP contribution in [0.3, 0.4) is 0 Å². The first-order valence-corrected chi connectivity index (χ1v) is 8.03. The molecule has 4 nitrogen and oxygen atoms in total. The van der Waals surface area contributed by atoms with Gasteiger partial charge in [-0.2, -0.15) is 0 Å². The molecule has 1 aliphatic rings. The molecular formula is C16H16FNO3S. The van der Waals surface area contributed by atoms with Crippen molar-refractivity contribution in [2.24, 2.45) is 0 Å². The molecule has 1 aromatic carbocycles. The van der Waals surface area contributed by atoms with Crippen LogP contribution in [0.1, 0.15) is 34.5 Å². The Morgan fingerprint density at radius 2 is 2.14 bits per heavy atom. The fourth-order valence-electron chi connectivity index (χ4n) is 2.97. The predicted molar refractivity (Wildman–Crippen MR) is 82.8 cm³/mol. The lowest BCUT2D eigenvalue weighted by Crippen LogP contribution is -2.47. The van der Waals surface area contributed by atoms with Crippen LogP contribution in [0.2, 0.25) is 0 Å². The maximum absolute atomic E-state index is 13.3. The van der Waals surface area contributed by atoms with Crippen molar-refractivity contribution >= 4 is 33.3 Å². The van der Waals surface area contributed by atoms with Crippen molar-refractivity contribution in [3.05, 3.63) is 34.5 Å². The molecule has 0 saturated carbocycles. The zero-order chi connectivity index (χ0) is 15.9. The van der Waals surface area contributed by atoms with E-state index in [9.17, 15) is 19.1 Å². The average molecular weight is 321 g/mol. The number of rotatable bonds is 2. The van der Waals surface area contributed by atoms with Gasteiger partial charge in [-0.3, -0.25) is 4.79 Å². The topological polar surface area (TPSA) is 57.6 Å². The first-order valence-electron chi connectivity index (χ1n) is 7.21. The standard InChI is InChI=1S/C16H16FNO3S/c1-9-11-6-5-10(17)8-13(11)22-14(9)15(19)18-7-3-2-4-12(18)16(20)21/h5-6,8,12H,2-4,7H2,1H3,(H,20,21). The van der Waals surface area contributed by atoms with E-state index in [1.165, 1.54) is 28.4 Å². The first kappa shape index (κ1) is 15.0. The zero-order valence-corrected chi connectivity index (χ0v) is 13.0. The lowest BCUT2D eigenvalue weighted by atomic mass is 10.0. The summed E-state index contributed by atoms with van der Waals surface area (Å²) in [5.74, 6) is -1.56. The number of hydrogen-bond donors (Lipinski definition) is 1. The molecule has 1 fully saturated rings. The number of carbonyl (C=O) groups is 2. The number of nitrogens with zero attached hydrogens (tertiary/aromatic N) is 1. The van der Waals surface area contributed by atoms with E-state index in [1.807, 2.05) is 6.92 Å². The van der Waals surface area contributed by atoms with Crippen molar-refractivity contribution in [3.8, 4) is 0 Å². The molecule has 2 aromatic rings. The molecule has 3 rings (SSSR count). The number of benzene rings is 1. The third kappa shape index (κ3) is 2.47. The van der Waals surface area contributed by atoms with E-state index in [1.54, 1.807) is 6.07 Å². The summed E-state index contributed by atoms with van der Waals surface area (Å²) in [6.07, 6.45) is 2.12. The number of amides is 1. The summed E-state index contributed by atoms with van der Waals surface area (Å²) in [6, 6.07) is 3.69. The highest BCUT2D eigenvalue weighted by Crippen LogP contribution is 2.33. The molecule has 1 N–H and O–H groups in total. The van der Waals surface area contributed by atoms with Crippen LogP contribution in [-0.2, 0) is 4.79 Å². The second-order valence-electron chi connectivity index (χ2n) is 5.55. The number of carboxylic acid groups (broad SMARTS) is 1. The summed E-state index contributed by atoms with van der Waals surface area (Å²) in [5, 5.41) is 10.2. The smallest absolute Gasteiger partial charge is 0.326 e. The summed E-state index contributed by atoms with van der Waals surface area (Å²) >= 11 is 1.23. The zero-order valence-electron chi connectivity index (χ0n) is 12.1. The Kier molecular flexibility index (Phi) is 3.87. The van der Waals surface area contributed by atoms with Crippen LogP contribution in [0.15, 0.2) is 18.2 Å². The summed E-state index contributed by atoms with van der Waals surface area (Å²) in [5.41, 5.74) is 0.791. The van der Waals surface area contributed by atoms with Crippen molar-refractivity contribution in [3.63, 3.8) is 0 Å². The van der Waals surface area contributed by atoms with Gasteiger partial charge in [0.05, 0.1) is 4.88 Å². The summed E-state index contributed by atoms with van der Waals surface area (Å²) in [7, 11) is 0. The van der Waals surface area contributed by atoms with E-state index in [0.29, 0.717) is 22.5 Å². The van der Waals surface area contributed by atoms with Gasteiger partial charge in [-0.1, -0.05) is 6.07 Å². The minimum Gasteiger partial charge on any atom is -0.480 e. The fraction of sp³-hybridized carbons (Fsp3) is 0.375. The van der Waals surface area contributed by atoms with Crippen molar-refractivity contribution in [2.75, 3.05) is 6.54 Å². The monoisotopic (exact) mass is 321 g/mol. The highest BCUT2D eigenvalue weighted by Gasteiger charge is 2.33. The largest absolute Gasteiger partial charge is 0.480 e. The minimum absolute atomic E-state index is 0.258. The Morgan fingerprint density at radius 3 is 2.86 bits per heavy atom. The molecule has 0 aliphatic carbocycles. The number of thiophene rings is 1. The molecule has 6 heteroatoms. The van der Waals surface area contributed by atoms with Crippen LogP contribution >= 0.6 is 11.3 Å². The van der Waals surface area contributed by atoms with E-state index in [4.69, 9.17) is 0 Å². The van der Waals surface area contributed by atoms with E-state index in [-0.39, 0.29) is 11.7 Å². The first-order chi connectivity index (χ1) is 10.5. The second kappa shape index (κ2) is 5.68. The van der Waals surface area contributed by atoms with Gasteiger partial charge in [-0.25, -0.2) is 9.18 Å². The SMILES string of the molecule is Cc1c(C(=O)N2CCCCC2C(=O)O)sc2cc(F)ccc12.